The summed E-state index contributed by atoms with van der Waals surface area (Å²) in [5.41, 5.74) is 7.01. The summed E-state index contributed by atoms with van der Waals surface area (Å²) in [5.74, 6) is 1.16. The van der Waals surface area contributed by atoms with Crippen LogP contribution in [0.2, 0.25) is 5.02 Å². The molecule has 0 spiro atoms. The maximum absolute atomic E-state index is 7.48. The fourth-order valence-electron chi connectivity index (χ4n) is 1.72. The Morgan fingerprint density at radius 2 is 1.95 bits per heavy atom. The lowest BCUT2D eigenvalue weighted by molar-refractivity contribution is 0.303. The summed E-state index contributed by atoms with van der Waals surface area (Å²) < 4.78 is 10.9. The Labute approximate surface area is 122 Å². The van der Waals surface area contributed by atoms with Gasteiger partial charge in [-0.25, -0.2) is 0 Å². The van der Waals surface area contributed by atoms with Gasteiger partial charge in [-0.3, -0.25) is 5.41 Å². The van der Waals surface area contributed by atoms with Crippen molar-refractivity contribution < 1.29 is 9.47 Å². The first-order valence-electron chi connectivity index (χ1n) is 5.99. The second-order valence-electron chi connectivity index (χ2n) is 4.23. The van der Waals surface area contributed by atoms with Crippen LogP contribution in [-0.2, 0) is 6.61 Å². The van der Waals surface area contributed by atoms with Gasteiger partial charge in [-0.05, 0) is 29.8 Å². The van der Waals surface area contributed by atoms with Gasteiger partial charge in [-0.1, -0.05) is 23.7 Å². The number of nitrogens with one attached hydrogen (secondary N) is 1. The molecule has 2 aromatic rings. The van der Waals surface area contributed by atoms with Gasteiger partial charge in [-0.2, -0.15) is 0 Å². The first-order valence-corrected chi connectivity index (χ1v) is 6.37. The van der Waals surface area contributed by atoms with Gasteiger partial charge < -0.3 is 15.2 Å². The van der Waals surface area contributed by atoms with Crippen molar-refractivity contribution in [3.63, 3.8) is 0 Å². The number of nitrogens with two attached hydrogens (primary N) is 1. The summed E-state index contributed by atoms with van der Waals surface area (Å²) in [5, 5.41) is 8.15. The maximum Gasteiger partial charge on any atom is 0.124 e. The third-order valence-corrected chi connectivity index (χ3v) is 2.96. The second-order valence-corrected chi connectivity index (χ2v) is 4.67. The topological polar surface area (TPSA) is 68.3 Å². The average molecular weight is 291 g/mol. The molecule has 0 aliphatic carbocycles. The van der Waals surface area contributed by atoms with Crippen molar-refractivity contribution in [2.24, 2.45) is 5.73 Å². The molecule has 0 aromatic heterocycles. The molecule has 0 aliphatic heterocycles. The summed E-state index contributed by atoms with van der Waals surface area (Å²) in [6.45, 7) is 0.380. The molecule has 104 valence electrons. The van der Waals surface area contributed by atoms with Crippen LogP contribution in [0.3, 0.4) is 0 Å². The summed E-state index contributed by atoms with van der Waals surface area (Å²) in [7, 11) is 1.56. The Kier molecular flexibility index (Phi) is 4.48. The van der Waals surface area contributed by atoms with Crippen molar-refractivity contribution >= 4 is 17.4 Å². The van der Waals surface area contributed by atoms with Gasteiger partial charge in [0.1, 0.15) is 23.9 Å². The lowest BCUT2D eigenvalue weighted by atomic mass is 10.2. The molecule has 3 N–H and O–H groups in total. The number of benzene rings is 2. The number of rotatable bonds is 5. The molecule has 2 aromatic carbocycles. The molecule has 0 aliphatic rings. The fourth-order valence-corrected chi connectivity index (χ4v) is 1.93. The Balaban J connectivity index is 2.16. The zero-order valence-corrected chi connectivity index (χ0v) is 11.8. The van der Waals surface area contributed by atoms with Crippen molar-refractivity contribution in [1.29, 1.82) is 5.41 Å². The van der Waals surface area contributed by atoms with E-state index in [-0.39, 0.29) is 5.84 Å². The maximum atomic E-state index is 7.48. The van der Waals surface area contributed by atoms with Crippen molar-refractivity contribution in [2.45, 2.75) is 6.61 Å². The van der Waals surface area contributed by atoms with Crippen LogP contribution in [0.4, 0.5) is 0 Å². The monoisotopic (exact) mass is 290 g/mol. The zero-order valence-electron chi connectivity index (χ0n) is 11.0. The third-order valence-electron chi connectivity index (χ3n) is 2.72. The third kappa shape index (κ3) is 3.65. The minimum absolute atomic E-state index is 0.0310. The molecule has 4 nitrogen and oxygen atoms in total. The highest BCUT2D eigenvalue weighted by atomic mass is 35.5. The highest BCUT2D eigenvalue weighted by Gasteiger charge is 2.05. The van der Waals surface area contributed by atoms with Crippen molar-refractivity contribution in [2.75, 3.05) is 7.11 Å². The van der Waals surface area contributed by atoms with E-state index in [0.717, 1.165) is 5.56 Å². The minimum Gasteiger partial charge on any atom is -0.497 e. The molecule has 0 atom stereocenters. The van der Waals surface area contributed by atoms with Gasteiger partial charge in [0.15, 0.2) is 0 Å². The molecule has 0 fully saturated rings. The number of amidine groups is 1. The van der Waals surface area contributed by atoms with Gasteiger partial charge in [0, 0.05) is 16.7 Å². The number of hydrogen-bond donors (Lipinski definition) is 2. The molecule has 0 radical (unpaired) electrons. The van der Waals surface area contributed by atoms with Gasteiger partial charge in [-0.15, -0.1) is 0 Å². The molecular formula is C15H15ClN2O2. The first kappa shape index (κ1) is 14.2. The molecule has 0 saturated carbocycles. The number of halogens is 1. The van der Waals surface area contributed by atoms with Gasteiger partial charge in [0.25, 0.3) is 0 Å². The predicted octanol–water partition coefficient (Wildman–Crippen LogP) is 3.21. The van der Waals surface area contributed by atoms with E-state index in [1.54, 1.807) is 25.3 Å². The molecule has 20 heavy (non-hydrogen) atoms. The Morgan fingerprint density at radius 3 is 2.60 bits per heavy atom. The van der Waals surface area contributed by atoms with E-state index in [2.05, 4.69) is 0 Å². The summed E-state index contributed by atoms with van der Waals surface area (Å²) in [4.78, 5) is 0. The lowest BCUT2D eigenvalue weighted by Crippen LogP contribution is -2.11. The van der Waals surface area contributed by atoms with E-state index in [4.69, 9.17) is 32.2 Å². The fraction of sp³-hybridized carbons (Fsp3) is 0.133. The predicted molar refractivity (Wildman–Crippen MR) is 79.8 cm³/mol. The smallest absolute Gasteiger partial charge is 0.124 e. The first-order chi connectivity index (χ1) is 9.58. The molecular weight excluding hydrogens is 276 g/mol. The molecule has 0 unspecified atom stereocenters. The highest BCUT2D eigenvalue weighted by Crippen LogP contribution is 2.23. The van der Waals surface area contributed by atoms with Gasteiger partial charge >= 0.3 is 0 Å². The van der Waals surface area contributed by atoms with Gasteiger partial charge in [0.2, 0.25) is 0 Å². The van der Waals surface area contributed by atoms with E-state index in [1.807, 2.05) is 24.3 Å². The Hall–Kier alpha value is -2.20. The molecule has 0 amide bonds. The molecule has 2 rings (SSSR count). The van der Waals surface area contributed by atoms with Crippen LogP contribution in [0.25, 0.3) is 0 Å². The van der Waals surface area contributed by atoms with E-state index < -0.39 is 0 Å². The number of nitrogen functional groups attached to an aromatic ring is 1. The van der Waals surface area contributed by atoms with Crippen molar-refractivity contribution in [3.8, 4) is 11.5 Å². The molecule has 5 heteroatoms. The van der Waals surface area contributed by atoms with Crippen LogP contribution in [-0.4, -0.2) is 12.9 Å². The summed E-state index contributed by atoms with van der Waals surface area (Å²) >= 11 is 5.92. The van der Waals surface area contributed by atoms with Crippen LogP contribution in [0, 0.1) is 5.41 Å². The largest absolute Gasteiger partial charge is 0.497 e. The normalized spacial score (nSPS) is 10.1. The van der Waals surface area contributed by atoms with Crippen LogP contribution in [0.15, 0.2) is 42.5 Å². The average Bonchev–Trinajstić information content (AvgIpc) is 2.45. The van der Waals surface area contributed by atoms with Gasteiger partial charge in [0.05, 0.1) is 7.11 Å². The van der Waals surface area contributed by atoms with E-state index in [9.17, 15) is 0 Å². The molecule has 0 heterocycles. The summed E-state index contributed by atoms with van der Waals surface area (Å²) in [6, 6.07) is 12.6. The highest BCUT2D eigenvalue weighted by molar-refractivity contribution is 6.30. The number of ether oxygens (including phenoxy) is 2. The number of hydrogen-bond acceptors (Lipinski definition) is 3. The quantitative estimate of drug-likeness (QED) is 0.656. The van der Waals surface area contributed by atoms with Crippen LogP contribution in [0.1, 0.15) is 11.1 Å². The lowest BCUT2D eigenvalue weighted by Gasteiger charge is -2.10. The van der Waals surface area contributed by atoms with E-state index in [0.29, 0.717) is 28.7 Å². The number of methoxy groups -OCH3 is 1. The zero-order chi connectivity index (χ0) is 14.5. The van der Waals surface area contributed by atoms with E-state index in [1.165, 1.54) is 0 Å². The molecule has 0 bridgehead atoms. The summed E-state index contributed by atoms with van der Waals surface area (Å²) in [6.07, 6.45) is 0. The Bertz CT molecular complexity index is 629. The van der Waals surface area contributed by atoms with Crippen molar-refractivity contribution in [3.05, 3.63) is 58.6 Å². The minimum atomic E-state index is -0.0310. The molecule has 0 saturated heterocycles. The van der Waals surface area contributed by atoms with Crippen LogP contribution >= 0.6 is 11.6 Å². The van der Waals surface area contributed by atoms with Crippen LogP contribution < -0.4 is 15.2 Å². The van der Waals surface area contributed by atoms with Crippen LogP contribution in [0.5, 0.6) is 11.5 Å². The SMILES string of the molecule is COc1cc(OCc2cccc(Cl)c2)cc(C(=N)N)c1. The van der Waals surface area contributed by atoms with E-state index >= 15 is 0 Å². The second kappa shape index (κ2) is 6.30. The standard InChI is InChI=1S/C15H15ClN2O2/c1-19-13-6-11(15(17)18)7-14(8-13)20-9-10-3-2-4-12(16)5-10/h2-8H,9H2,1H3,(H3,17,18). The van der Waals surface area contributed by atoms with Crippen molar-refractivity contribution in [1.82, 2.24) is 0 Å². The Morgan fingerprint density at radius 1 is 1.20 bits per heavy atom.